The van der Waals surface area contributed by atoms with Crippen molar-refractivity contribution in [2.45, 2.75) is 12.8 Å². The first-order valence-electron chi connectivity index (χ1n) is 7.34. The van der Waals surface area contributed by atoms with Crippen molar-refractivity contribution >= 4 is 18.3 Å². The number of nitrogens with one attached hydrogen (secondary N) is 2. The minimum atomic E-state index is -0.198. The Bertz CT molecular complexity index is 594. The largest absolute Gasteiger partial charge is 0.350 e. The lowest BCUT2D eigenvalue weighted by atomic mass is 10.1. The molecule has 118 valence electrons. The van der Waals surface area contributed by atoms with Crippen molar-refractivity contribution in [2.24, 2.45) is 5.92 Å². The standard InChI is InChI=1S/C16H19N3O2.ClH/c20-16(18-9-7-12-6-8-17-11-12)15-10-14(19-21-15)13-4-2-1-3-5-13;/h1-5,10,12,17H,6-9,11H2,(H,18,20);1H. The van der Waals surface area contributed by atoms with E-state index in [1.165, 1.54) is 6.42 Å². The van der Waals surface area contributed by atoms with Gasteiger partial charge in [0.1, 0.15) is 5.69 Å². The summed E-state index contributed by atoms with van der Waals surface area (Å²) in [7, 11) is 0. The van der Waals surface area contributed by atoms with Crippen LogP contribution in [0.5, 0.6) is 0 Å². The van der Waals surface area contributed by atoms with Gasteiger partial charge in [-0.2, -0.15) is 0 Å². The van der Waals surface area contributed by atoms with E-state index >= 15 is 0 Å². The molecule has 1 unspecified atom stereocenters. The number of amides is 1. The molecule has 0 spiro atoms. The van der Waals surface area contributed by atoms with E-state index < -0.39 is 0 Å². The molecule has 2 heterocycles. The summed E-state index contributed by atoms with van der Waals surface area (Å²) in [6.07, 6.45) is 2.19. The van der Waals surface area contributed by atoms with Gasteiger partial charge >= 0.3 is 0 Å². The lowest BCUT2D eigenvalue weighted by Crippen LogP contribution is -2.26. The van der Waals surface area contributed by atoms with Crippen LogP contribution in [0.2, 0.25) is 0 Å². The SMILES string of the molecule is Cl.O=C(NCCC1CCNC1)c1cc(-c2ccccc2)no1. The van der Waals surface area contributed by atoms with Crippen LogP contribution in [0, 0.1) is 5.92 Å². The van der Waals surface area contributed by atoms with Gasteiger partial charge in [0.15, 0.2) is 0 Å². The van der Waals surface area contributed by atoms with Crippen LogP contribution in [0.3, 0.4) is 0 Å². The van der Waals surface area contributed by atoms with Crippen LogP contribution in [0.1, 0.15) is 23.4 Å². The number of carbonyl (C=O) groups is 1. The smallest absolute Gasteiger partial charge is 0.289 e. The molecule has 1 saturated heterocycles. The van der Waals surface area contributed by atoms with E-state index in [2.05, 4.69) is 15.8 Å². The molecule has 1 aromatic carbocycles. The second-order valence-corrected chi connectivity index (χ2v) is 5.35. The van der Waals surface area contributed by atoms with Crippen LogP contribution < -0.4 is 10.6 Å². The Kier molecular flexibility index (Phi) is 5.98. The molecule has 1 fully saturated rings. The summed E-state index contributed by atoms with van der Waals surface area (Å²) >= 11 is 0. The number of hydrogen-bond acceptors (Lipinski definition) is 4. The quantitative estimate of drug-likeness (QED) is 0.888. The van der Waals surface area contributed by atoms with Crippen molar-refractivity contribution in [2.75, 3.05) is 19.6 Å². The van der Waals surface area contributed by atoms with E-state index in [1.54, 1.807) is 6.07 Å². The normalized spacial score (nSPS) is 17.0. The summed E-state index contributed by atoms with van der Waals surface area (Å²) < 4.78 is 5.13. The average molecular weight is 322 g/mol. The molecule has 0 bridgehead atoms. The maximum Gasteiger partial charge on any atom is 0.289 e. The van der Waals surface area contributed by atoms with Crippen molar-refractivity contribution in [1.82, 2.24) is 15.8 Å². The van der Waals surface area contributed by atoms with Gasteiger partial charge in [-0.15, -0.1) is 12.4 Å². The maximum absolute atomic E-state index is 12.0. The predicted octanol–water partition coefficient (Wildman–Crippen LogP) is 2.49. The monoisotopic (exact) mass is 321 g/mol. The zero-order valence-corrected chi connectivity index (χ0v) is 13.1. The molecule has 2 aromatic rings. The molecular weight excluding hydrogens is 302 g/mol. The molecule has 0 saturated carbocycles. The third-order valence-corrected chi connectivity index (χ3v) is 3.80. The summed E-state index contributed by atoms with van der Waals surface area (Å²) in [6.45, 7) is 2.81. The highest BCUT2D eigenvalue weighted by Gasteiger charge is 2.16. The fourth-order valence-corrected chi connectivity index (χ4v) is 2.56. The summed E-state index contributed by atoms with van der Waals surface area (Å²) in [5.41, 5.74) is 1.62. The van der Waals surface area contributed by atoms with E-state index in [0.717, 1.165) is 25.1 Å². The van der Waals surface area contributed by atoms with Crippen LogP contribution in [0.25, 0.3) is 11.3 Å². The van der Waals surface area contributed by atoms with Gasteiger partial charge in [-0.25, -0.2) is 0 Å². The Morgan fingerprint density at radius 3 is 2.91 bits per heavy atom. The third-order valence-electron chi connectivity index (χ3n) is 3.80. The van der Waals surface area contributed by atoms with Crippen LogP contribution in [0.15, 0.2) is 40.9 Å². The molecule has 5 nitrogen and oxygen atoms in total. The molecule has 0 radical (unpaired) electrons. The van der Waals surface area contributed by atoms with Gasteiger partial charge in [0, 0.05) is 18.2 Å². The zero-order chi connectivity index (χ0) is 14.5. The van der Waals surface area contributed by atoms with Crippen molar-refractivity contribution in [3.63, 3.8) is 0 Å². The van der Waals surface area contributed by atoms with Gasteiger partial charge < -0.3 is 15.2 Å². The summed E-state index contributed by atoms with van der Waals surface area (Å²) in [4.78, 5) is 12.0. The van der Waals surface area contributed by atoms with Gasteiger partial charge in [-0.05, 0) is 31.8 Å². The zero-order valence-electron chi connectivity index (χ0n) is 12.2. The van der Waals surface area contributed by atoms with Gasteiger partial charge in [-0.3, -0.25) is 4.79 Å². The Labute approximate surface area is 135 Å². The molecule has 22 heavy (non-hydrogen) atoms. The number of aromatic nitrogens is 1. The second kappa shape index (κ2) is 7.96. The van der Waals surface area contributed by atoms with Crippen LogP contribution in [-0.4, -0.2) is 30.7 Å². The highest BCUT2D eigenvalue weighted by Crippen LogP contribution is 2.18. The van der Waals surface area contributed by atoms with E-state index in [9.17, 15) is 4.79 Å². The number of carbonyl (C=O) groups excluding carboxylic acids is 1. The lowest BCUT2D eigenvalue weighted by Gasteiger charge is -2.07. The Balaban J connectivity index is 0.00000176. The molecule has 1 aliphatic heterocycles. The van der Waals surface area contributed by atoms with E-state index in [-0.39, 0.29) is 24.1 Å². The van der Waals surface area contributed by atoms with Crippen molar-refractivity contribution < 1.29 is 9.32 Å². The molecular formula is C16H20ClN3O2. The van der Waals surface area contributed by atoms with Crippen LogP contribution >= 0.6 is 12.4 Å². The topological polar surface area (TPSA) is 67.2 Å². The molecule has 1 aliphatic rings. The number of halogens is 1. The molecule has 2 N–H and O–H groups in total. The molecule has 1 aromatic heterocycles. The Morgan fingerprint density at radius 2 is 2.18 bits per heavy atom. The molecule has 1 atom stereocenters. The summed E-state index contributed by atoms with van der Waals surface area (Å²) in [5.74, 6) is 0.731. The molecule has 0 aliphatic carbocycles. The summed E-state index contributed by atoms with van der Waals surface area (Å²) in [6, 6.07) is 11.4. The Morgan fingerprint density at radius 1 is 1.36 bits per heavy atom. The van der Waals surface area contributed by atoms with Crippen molar-refractivity contribution in [1.29, 1.82) is 0 Å². The van der Waals surface area contributed by atoms with Gasteiger partial charge in [-0.1, -0.05) is 35.5 Å². The first-order chi connectivity index (χ1) is 10.3. The molecule has 1 amide bonds. The lowest BCUT2D eigenvalue weighted by molar-refractivity contribution is 0.0915. The Hall–Kier alpha value is -1.85. The van der Waals surface area contributed by atoms with E-state index in [0.29, 0.717) is 18.2 Å². The molecule has 3 rings (SSSR count). The number of hydrogen-bond donors (Lipinski definition) is 2. The van der Waals surface area contributed by atoms with Gasteiger partial charge in [0.2, 0.25) is 5.76 Å². The number of rotatable bonds is 5. The first kappa shape index (κ1) is 16.5. The number of nitrogens with zero attached hydrogens (tertiary/aromatic N) is 1. The average Bonchev–Trinajstić information content (AvgIpc) is 3.20. The summed E-state index contributed by atoms with van der Waals surface area (Å²) in [5, 5.41) is 10.2. The maximum atomic E-state index is 12.0. The minimum absolute atomic E-state index is 0. The number of benzene rings is 1. The van der Waals surface area contributed by atoms with Gasteiger partial charge in [0.05, 0.1) is 0 Å². The van der Waals surface area contributed by atoms with Crippen LogP contribution in [0.4, 0.5) is 0 Å². The molecule has 6 heteroatoms. The fourth-order valence-electron chi connectivity index (χ4n) is 2.56. The van der Waals surface area contributed by atoms with E-state index in [4.69, 9.17) is 4.52 Å². The first-order valence-corrected chi connectivity index (χ1v) is 7.34. The highest BCUT2D eigenvalue weighted by atomic mass is 35.5. The minimum Gasteiger partial charge on any atom is -0.350 e. The van der Waals surface area contributed by atoms with Crippen molar-refractivity contribution in [3.05, 3.63) is 42.2 Å². The predicted molar refractivity (Wildman–Crippen MR) is 87.1 cm³/mol. The van der Waals surface area contributed by atoms with E-state index in [1.807, 2.05) is 30.3 Å². The fraction of sp³-hybridized carbons (Fsp3) is 0.375. The van der Waals surface area contributed by atoms with Gasteiger partial charge in [0.25, 0.3) is 5.91 Å². The van der Waals surface area contributed by atoms with Crippen LogP contribution in [-0.2, 0) is 0 Å². The highest BCUT2D eigenvalue weighted by molar-refractivity contribution is 5.92. The van der Waals surface area contributed by atoms with Crippen molar-refractivity contribution in [3.8, 4) is 11.3 Å². The second-order valence-electron chi connectivity index (χ2n) is 5.35. The third kappa shape index (κ3) is 4.08.